The summed E-state index contributed by atoms with van der Waals surface area (Å²) in [4.78, 5) is 18.4. The SMILES string of the molecule is COc1ccc2c(c1OCc1ccccc1)CC(C(=O)O)N(c1nc3ccccc3o1)C2. The maximum absolute atomic E-state index is 12.2. The van der Waals surface area contributed by atoms with Crippen molar-refractivity contribution in [3.05, 3.63) is 83.4 Å². The van der Waals surface area contributed by atoms with Gasteiger partial charge < -0.3 is 23.9 Å². The van der Waals surface area contributed by atoms with E-state index in [0.29, 0.717) is 41.8 Å². The molecule has 1 aromatic heterocycles. The number of aliphatic carboxylic acids is 1. The summed E-state index contributed by atoms with van der Waals surface area (Å²) in [6.45, 7) is 0.699. The highest BCUT2D eigenvalue weighted by Crippen LogP contribution is 2.40. The molecule has 7 nitrogen and oxygen atoms in total. The standard InChI is InChI=1S/C25H22N2O5/c1-30-22-12-11-17-14-27(25-26-19-9-5-6-10-21(19)32-25)20(24(28)29)13-18(17)23(22)31-15-16-7-3-2-4-8-16/h2-12,20H,13-15H2,1H3,(H,28,29). The number of aromatic nitrogens is 1. The normalized spacial score (nSPS) is 15.4. The van der Waals surface area contributed by atoms with E-state index in [1.54, 1.807) is 12.0 Å². The third-order valence-electron chi connectivity index (χ3n) is 5.70. The van der Waals surface area contributed by atoms with Crippen LogP contribution < -0.4 is 14.4 Å². The Kier molecular flexibility index (Phi) is 5.15. The first-order valence-corrected chi connectivity index (χ1v) is 10.3. The summed E-state index contributed by atoms with van der Waals surface area (Å²) < 4.78 is 17.6. The first-order valence-electron chi connectivity index (χ1n) is 10.3. The van der Waals surface area contributed by atoms with Crippen LogP contribution in [0.2, 0.25) is 0 Å². The average molecular weight is 430 g/mol. The van der Waals surface area contributed by atoms with Gasteiger partial charge >= 0.3 is 5.97 Å². The zero-order valence-electron chi connectivity index (χ0n) is 17.5. The lowest BCUT2D eigenvalue weighted by Crippen LogP contribution is -2.46. The molecule has 5 rings (SSSR count). The summed E-state index contributed by atoms with van der Waals surface area (Å²) in [5.41, 5.74) is 4.12. The molecule has 0 fully saturated rings. The molecular weight excluding hydrogens is 408 g/mol. The Morgan fingerprint density at radius 2 is 1.91 bits per heavy atom. The molecule has 0 spiro atoms. The Bertz CT molecular complexity index is 1240. The maximum atomic E-state index is 12.2. The zero-order chi connectivity index (χ0) is 22.1. The molecule has 0 saturated heterocycles. The number of anilines is 1. The van der Waals surface area contributed by atoms with Gasteiger partial charge in [-0.3, -0.25) is 0 Å². The Labute approximate surface area is 184 Å². The number of benzene rings is 3. The highest BCUT2D eigenvalue weighted by Gasteiger charge is 2.36. The van der Waals surface area contributed by atoms with Crippen molar-refractivity contribution in [2.24, 2.45) is 0 Å². The molecule has 1 aliphatic heterocycles. The van der Waals surface area contributed by atoms with E-state index >= 15 is 0 Å². The smallest absolute Gasteiger partial charge is 0.326 e. The molecule has 3 aromatic carbocycles. The predicted octanol–water partition coefficient (Wildman–Crippen LogP) is 4.43. The Morgan fingerprint density at radius 1 is 1.12 bits per heavy atom. The molecule has 0 aliphatic carbocycles. The minimum atomic E-state index is -0.949. The van der Waals surface area contributed by atoms with Crippen LogP contribution in [0.15, 0.2) is 71.1 Å². The molecule has 1 unspecified atom stereocenters. The van der Waals surface area contributed by atoms with Gasteiger partial charge in [0.1, 0.15) is 18.2 Å². The van der Waals surface area contributed by atoms with E-state index in [1.165, 1.54) is 0 Å². The first kappa shape index (κ1) is 19.9. The third kappa shape index (κ3) is 3.62. The van der Waals surface area contributed by atoms with Crippen molar-refractivity contribution in [2.45, 2.75) is 25.6 Å². The fraction of sp³-hybridized carbons (Fsp3) is 0.200. The van der Waals surface area contributed by atoms with Crippen LogP contribution in [0.4, 0.5) is 6.01 Å². The van der Waals surface area contributed by atoms with Crippen LogP contribution in [-0.4, -0.2) is 29.2 Å². The van der Waals surface area contributed by atoms with Crippen molar-refractivity contribution in [2.75, 3.05) is 12.0 Å². The molecule has 7 heteroatoms. The van der Waals surface area contributed by atoms with Crippen molar-refractivity contribution in [1.82, 2.24) is 4.98 Å². The molecule has 0 bridgehead atoms. The molecule has 1 N–H and O–H groups in total. The number of carboxylic acid groups (broad SMARTS) is 1. The van der Waals surface area contributed by atoms with E-state index in [0.717, 1.165) is 16.7 Å². The number of para-hydroxylation sites is 2. The summed E-state index contributed by atoms with van der Waals surface area (Å²) in [7, 11) is 1.58. The molecule has 2 heterocycles. The number of methoxy groups -OCH3 is 1. The minimum absolute atomic E-state index is 0.241. The second-order valence-electron chi connectivity index (χ2n) is 7.66. The summed E-state index contributed by atoms with van der Waals surface area (Å²) >= 11 is 0. The fourth-order valence-corrected chi connectivity index (χ4v) is 4.07. The number of oxazole rings is 1. The highest BCUT2D eigenvalue weighted by molar-refractivity contribution is 5.81. The topological polar surface area (TPSA) is 85.0 Å². The Morgan fingerprint density at radius 3 is 2.66 bits per heavy atom. The lowest BCUT2D eigenvalue weighted by molar-refractivity contribution is -0.138. The lowest BCUT2D eigenvalue weighted by Gasteiger charge is -2.34. The van der Waals surface area contributed by atoms with Crippen molar-refractivity contribution in [1.29, 1.82) is 0 Å². The maximum Gasteiger partial charge on any atom is 0.326 e. The van der Waals surface area contributed by atoms with E-state index in [9.17, 15) is 9.90 Å². The number of hydrogen-bond donors (Lipinski definition) is 1. The van der Waals surface area contributed by atoms with Gasteiger partial charge in [0.25, 0.3) is 6.01 Å². The Balaban J connectivity index is 1.52. The Hall–Kier alpha value is -4.00. The van der Waals surface area contributed by atoms with E-state index in [4.69, 9.17) is 13.9 Å². The van der Waals surface area contributed by atoms with Crippen LogP contribution in [0.1, 0.15) is 16.7 Å². The molecular formula is C25H22N2O5. The molecule has 162 valence electrons. The van der Waals surface area contributed by atoms with Crippen LogP contribution in [-0.2, 0) is 24.4 Å². The molecule has 1 aliphatic rings. The van der Waals surface area contributed by atoms with Crippen LogP contribution in [0.5, 0.6) is 11.5 Å². The number of hydrogen-bond acceptors (Lipinski definition) is 6. The van der Waals surface area contributed by atoms with Crippen molar-refractivity contribution < 1.29 is 23.8 Å². The summed E-state index contributed by atoms with van der Waals surface area (Å²) in [6, 6.07) is 20.5. The molecule has 0 radical (unpaired) electrons. The number of carbonyl (C=O) groups is 1. The molecule has 1 atom stereocenters. The van der Waals surface area contributed by atoms with Gasteiger partial charge in [-0.25, -0.2) is 4.79 Å². The van der Waals surface area contributed by atoms with Gasteiger partial charge in [0, 0.05) is 18.5 Å². The monoisotopic (exact) mass is 430 g/mol. The third-order valence-corrected chi connectivity index (χ3v) is 5.70. The van der Waals surface area contributed by atoms with Gasteiger partial charge in [-0.2, -0.15) is 4.98 Å². The van der Waals surface area contributed by atoms with Crippen LogP contribution in [0.25, 0.3) is 11.1 Å². The number of rotatable bonds is 6. The van der Waals surface area contributed by atoms with Crippen molar-refractivity contribution in [3.63, 3.8) is 0 Å². The zero-order valence-corrected chi connectivity index (χ0v) is 17.5. The fourth-order valence-electron chi connectivity index (χ4n) is 4.07. The largest absolute Gasteiger partial charge is 0.493 e. The average Bonchev–Trinajstić information content (AvgIpc) is 3.26. The molecule has 0 saturated carbocycles. The summed E-state index contributed by atoms with van der Waals surface area (Å²) in [6.07, 6.45) is 0.241. The van der Waals surface area contributed by atoms with Crippen LogP contribution >= 0.6 is 0 Å². The number of ether oxygens (including phenoxy) is 2. The first-order chi connectivity index (χ1) is 15.6. The predicted molar refractivity (Wildman–Crippen MR) is 119 cm³/mol. The van der Waals surface area contributed by atoms with Gasteiger partial charge in [-0.1, -0.05) is 48.5 Å². The second kappa shape index (κ2) is 8.26. The number of carboxylic acids is 1. The molecule has 4 aromatic rings. The number of fused-ring (bicyclic) bond motifs is 2. The van der Waals surface area contributed by atoms with Gasteiger partial charge in [-0.15, -0.1) is 0 Å². The van der Waals surface area contributed by atoms with E-state index in [1.807, 2.05) is 66.7 Å². The molecule has 32 heavy (non-hydrogen) atoms. The van der Waals surface area contributed by atoms with Gasteiger partial charge in [0.15, 0.2) is 17.1 Å². The van der Waals surface area contributed by atoms with E-state index < -0.39 is 12.0 Å². The van der Waals surface area contributed by atoms with E-state index in [2.05, 4.69) is 4.98 Å². The second-order valence-corrected chi connectivity index (χ2v) is 7.66. The lowest BCUT2D eigenvalue weighted by atomic mass is 9.93. The van der Waals surface area contributed by atoms with Gasteiger partial charge in [-0.05, 0) is 29.3 Å². The van der Waals surface area contributed by atoms with Crippen LogP contribution in [0.3, 0.4) is 0 Å². The molecule has 0 amide bonds. The van der Waals surface area contributed by atoms with Crippen LogP contribution in [0, 0.1) is 0 Å². The summed E-state index contributed by atoms with van der Waals surface area (Å²) in [5.74, 6) is 0.214. The van der Waals surface area contributed by atoms with Gasteiger partial charge in [0.05, 0.1) is 7.11 Å². The minimum Gasteiger partial charge on any atom is -0.493 e. The highest BCUT2D eigenvalue weighted by atomic mass is 16.5. The quantitative estimate of drug-likeness (QED) is 0.484. The van der Waals surface area contributed by atoms with E-state index in [-0.39, 0.29) is 6.42 Å². The summed E-state index contributed by atoms with van der Waals surface area (Å²) in [5, 5.41) is 10.0. The van der Waals surface area contributed by atoms with Gasteiger partial charge in [0.2, 0.25) is 0 Å². The number of nitrogens with zero attached hydrogens (tertiary/aromatic N) is 2. The van der Waals surface area contributed by atoms with Crippen molar-refractivity contribution >= 4 is 23.1 Å². The van der Waals surface area contributed by atoms with Crippen molar-refractivity contribution in [3.8, 4) is 11.5 Å².